The average molecular weight is 387 g/mol. The second-order valence-corrected chi connectivity index (χ2v) is 8.90. The summed E-state index contributed by atoms with van der Waals surface area (Å²) in [6.45, 7) is 6.15. The lowest BCUT2D eigenvalue weighted by Gasteiger charge is -2.26. The third kappa shape index (κ3) is 5.13. The Bertz CT molecular complexity index is 825. The third-order valence-corrected chi connectivity index (χ3v) is 5.86. The Hall–Kier alpha value is -2.28. The zero-order valence-electron chi connectivity index (χ0n) is 16.0. The number of carbonyl (C=O) groups excluding carboxylic acids is 2. The molecule has 1 heterocycles. The molecule has 2 amide bonds. The Balaban J connectivity index is 1.48. The molecule has 1 aliphatic rings. The SMILES string of the molecule is CC(C)(C)c1nnc(NC(=O)CCC(=O)N[C@H]2CCCc3ccccc32)s1. The largest absolute Gasteiger partial charge is 0.349 e. The van der Waals surface area contributed by atoms with E-state index in [0.29, 0.717) is 5.13 Å². The van der Waals surface area contributed by atoms with E-state index < -0.39 is 0 Å². The number of nitrogens with one attached hydrogen (secondary N) is 2. The van der Waals surface area contributed by atoms with Gasteiger partial charge in [-0.3, -0.25) is 9.59 Å². The maximum Gasteiger partial charge on any atom is 0.226 e. The quantitative estimate of drug-likeness (QED) is 0.820. The number of aromatic nitrogens is 2. The van der Waals surface area contributed by atoms with Crippen LogP contribution in [0.1, 0.15) is 68.6 Å². The highest BCUT2D eigenvalue weighted by molar-refractivity contribution is 7.15. The third-order valence-electron chi connectivity index (χ3n) is 4.60. The molecule has 0 fully saturated rings. The van der Waals surface area contributed by atoms with Crippen molar-refractivity contribution < 1.29 is 9.59 Å². The van der Waals surface area contributed by atoms with Crippen LogP contribution < -0.4 is 10.6 Å². The first kappa shape index (κ1) is 19.5. The molecule has 0 radical (unpaired) electrons. The highest BCUT2D eigenvalue weighted by Crippen LogP contribution is 2.30. The molecule has 27 heavy (non-hydrogen) atoms. The van der Waals surface area contributed by atoms with E-state index in [0.717, 1.165) is 24.3 Å². The van der Waals surface area contributed by atoms with Crippen molar-refractivity contribution in [3.8, 4) is 0 Å². The van der Waals surface area contributed by atoms with E-state index in [9.17, 15) is 9.59 Å². The zero-order valence-corrected chi connectivity index (χ0v) is 16.9. The van der Waals surface area contributed by atoms with E-state index in [1.807, 2.05) is 32.9 Å². The fourth-order valence-corrected chi connectivity index (χ4v) is 3.97. The van der Waals surface area contributed by atoms with E-state index in [2.05, 4.69) is 33.0 Å². The Kier molecular flexibility index (Phi) is 5.89. The number of hydrogen-bond acceptors (Lipinski definition) is 5. The molecular formula is C20H26N4O2S. The van der Waals surface area contributed by atoms with Gasteiger partial charge in [0.1, 0.15) is 5.01 Å². The standard InChI is InChI=1S/C20H26N4O2S/c1-20(2,3)18-23-24-19(27-18)22-17(26)12-11-16(25)21-15-10-6-8-13-7-4-5-9-14(13)15/h4-5,7,9,15H,6,8,10-12H2,1-3H3,(H,21,25)(H,22,24,26)/t15-/m0/s1. The minimum atomic E-state index is -0.217. The van der Waals surface area contributed by atoms with Crippen LogP contribution in [-0.4, -0.2) is 22.0 Å². The van der Waals surface area contributed by atoms with Crippen LogP contribution in [0.4, 0.5) is 5.13 Å². The van der Waals surface area contributed by atoms with Gasteiger partial charge in [-0.15, -0.1) is 10.2 Å². The molecule has 1 aliphatic carbocycles. The number of nitrogens with zero attached hydrogens (tertiary/aromatic N) is 2. The summed E-state index contributed by atoms with van der Waals surface area (Å²) in [6.07, 6.45) is 3.36. The summed E-state index contributed by atoms with van der Waals surface area (Å²) in [5, 5.41) is 15.3. The van der Waals surface area contributed by atoms with Gasteiger partial charge in [-0.2, -0.15) is 0 Å². The van der Waals surface area contributed by atoms with E-state index in [1.54, 1.807) is 0 Å². The highest BCUT2D eigenvalue weighted by Gasteiger charge is 2.22. The van der Waals surface area contributed by atoms with Gasteiger partial charge in [0.25, 0.3) is 0 Å². The van der Waals surface area contributed by atoms with Crippen molar-refractivity contribution >= 4 is 28.3 Å². The van der Waals surface area contributed by atoms with Crippen molar-refractivity contribution in [2.24, 2.45) is 0 Å². The van der Waals surface area contributed by atoms with E-state index in [4.69, 9.17) is 0 Å². The van der Waals surface area contributed by atoms with Gasteiger partial charge in [0, 0.05) is 18.3 Å². The molecule has 144 valence electrons. The van der Waals surface area contributed by atoms with Gasteiger partial charge in [-0.05, 0) is 30.4 Å². The number of aryl methyl sites for hydroxylation is 1. The Morgan fingerprint density at radius 3 is 2.63 bits per heavy atom. The van der Waals surface area contributed by atoms with Gasteiger partial charge in [-0.1, -0.05) is 56.4 Å². The molecule has 0 aliphatic heterocycles. The predicted octanol–water partition coefficient (Wildman–Crippen LogP) is 3.75. The Labute approximate surface area is 163 Å². The molecule has 3 rings (SSSR count). The zero-order chi connectivity index (χ0) is 19.4. The minimum absolute atomic E-state index is 0.0445. The molecule has 2 aromatic rings. The summed E-state index contributed by atoms with van der Waals surface area (Å²) in [4.78, 5) is 24.4. The number of anilines is 1. The van der Waals surface area contributed by atoms with Crippen LogP contribution in [0.3, 0.4) is 0 Å². The number of fused-ring (bicyclic) bond motifs is 1. The number of amides is 2. The van der Waals surface area contributed by atoms with E-state index in [-0.39, 0.29) is 36.1 Å². The maximum absolute atomic E-state index is 12.3. The minimum Gasteiger partial charge on any atom is -0.349 e. The summed E-state index contributed by atoms with van der Waals surface area (Å²) < 4.78 is 0. The normalized spacial score (nSPS) is 16.5. The molecule has 2 N–H and O–H groups in total. The Morgan fingerprint density at radius 2 is 1.89 bits per heavy atom. The van der Waals surface area contributed by atoms with Gasteiger partial charge < -0.3 is 10.6 Å². The number of rotatable bonds is 5. The Morgan fingerprint density at radius 1 is 1.15 bits per heavy atom. The lowest BCUT2D eigenvalue weighted by molar-refractivity contribution is -0.125. The van der Waals surface area contributed by atoms with Gasteiger partial charge >= 0.3 is 0 Å². The van der Waals surface area contributed by atoms with Crippen LogP contribution in [0, 0.1) is 0 Å². The second-order valence-electron chi connectivity index (χ2n) is 7.92. The first-order valence-electron chi connectivity index (χ1n) is 9.34. The number of benzene rings is 1. The van der Waals surface area contributed by atoms with Crippen molar-refractivity contribution in [1.82, 2.24) is 15.5 Å². The van der Waals surface area contributed by atoms with E-state index in [1.165, 1.54) is 22.5 Å². The molecule has 6 nitrogen and oxygen atoms in total. The fourth-order valence-electron chi connectivity index (χ4n) is 3.16. The van der Waals surface area contributed by atoms with Gasteiger partial charge in [0.15, 0.2) is 0 Å². The van der Waals surface area contributed by atoms with Crippen molar-refractivity contribution in [2.75, 3.05) is 5.32 Å². The summed E-state index contributed by atoms with van der Waals surface area (Å²) in [5.41, 5.74) is 2.40. The topological polar surface area (TPSA) is 84.0 Å². The molecule has 7 heteroatoms. The molecule has 1 aromatic heterocycles. The molecule has 0 saturated carbocycles. The van der Waals surface area contributed by atoms with Gasteiger partial charge in [0.2, 0.25) is 16.9 Å². The van der Waals surface area contributed by atoms with Crippen molar-refractivity contribution in [2.45, 2.75) is 64.3 Å². The summed E-state index contributed by atoms with van der Waals surface area (Å²) in [7, 11) is 0. The van der Waals surface area contributed by atoms with E-state index >= 15 is 0 Å². The molecule has 1 atom stereocenters. The first-order chi connectivity index (χ1) is 12.8. The number of hydrogen-bond donors (Lipinski definition) is 2. The molecule has 0 saturated heterocycles. The van der Waals surface area contributed by atoms with Gasteiger partial charge in [0.05, 0.1) is 6.04 Å². The van der Waals surface area contributed by atoms with Crippen molar-refractivity contribution in [3.05, 3.63) is 40.4 Å². The number of carbonyl (C=O) groups is 2. The lowest BCUT2D eigenvalue weighted by atomic mass is 9.87. The highest BCUT2D eigenvalue weighted by atomic mass is 32.1. The second kappa shape index (κ2) is 8.17. The van der Waals surface area contributed by atoms with Crippen LogP contribution in [0.5, 0.6) is 0 Å². The fraction of sp³-hybridized carbons (Fsp3) is 0.500. The predicted molar refractivity (Wildman–Crippen MR) is 107 cm³/mol. The first-order valence-corrected chi connectivity index (χ1v) is 10.2. The smallest absolute Gasteiger partial charge is 0.226 e. The summed E-state index contributed by atoms with van der Waals surface area (Å²) in [6, 6.07) is 8.28. The molecular weight excluding hydrogens is 360 g/mol. The lowest BCUT2D eigenvalue weighted by Crippen LogP contribution is -2.31. The molecule has 0 bridgehead atoms. The van der Waals surface area contributed by atoms with Crippen LogP contribution in [0.15, 0.2) is 24.3 Å². The molecule has 0 unspecified atom stereocenters. The van der Waals surface area contributed by atoms with Crippen molar-refractivity contribution in [1.29, 1.82) is 0 Å². The summed E-state index contributed by atoms with van der Waals surface area (Å²) in [5.74, 6) is -0.315. The van der Waals surface area contributed by atoms with Crippen LogP contribution >= 0.6 is 11.3 Å². The molecule has 1 aromatic carbocycles. The maximum atomic E-state index is 12.3. The van der Waals surface area contributed by atoms with Crippen LogP contribution in [-0.2, 0) is 21.4 Å². The summed E-state index contributed by atoms with van der Waals surface area (Å²) >= 11 is 1.37. The van der Waals surface area contributed by atoms with Gasteiger partial charge in [-0.25, -0.2) is 0 Å². The average Bonchev–Trinajstić information content (AvgIpc) is 3.09. The van der Waals surface area contributed by atoms with Crippen LogP contribution in [0.25, 0.3) is 0 Å². The van der Waals surface area contributed by atoms with Crippen molar-refractivity contribution in [3.63, 3.8) is 0 Å². The monoisotopic (exact) mass is 386 g/mol. The van der Waals surface area contributed by atoms with Crippen LogP contribution in [0.2, 0.25) is 0 Å². The molecule has 0 spiro atoms.